The van der Waals surface area contributed by atoms with Crippen molar-refractivity contribution in [2.75, 3.05) is 13.6 Å². The first kappa shape index (κ1) is 25.6. The van der Waals surface area contributed by atoms with Crippen molar-refractivity contribution in [3.05, 3.63) is 70.7 Å². The highest BCUT2D eigenvalue weighted by atomic mass is 127. The molecular weight excluding hydrogens is 515 g/mol. The fraction of sp³-hybridized carbons (Fsp3) is 0.375. The monoisotopic (exact) mass is 548 g/mol. The van der Waals surface area contributed by atoms with Crippen molar-refractivity contribution >= 4 is 29.9 Å². The molecular formula is C24H33IN6O. The highest BCUT2D eigenvalue weighted by Gasteiger charge is 2.05. The summed E-state index contributed by atoms with van der Waals surface area (Å²) < 4.78 is 7.97. The van der Waals surface area contributed by atoms with Gasteiger partial charge in [-0.05, 0) is 75.1 Å². The molecule has 0 amide bonds. The summed E-state index contributed by atoms with van der Waals surface area (Å²) in [5, 5.41) is 11.2. The van der Waals surface area contributed by atoms with Crippen LogP contribution < -0.4 is 15.4 Å². The number of halogens is 1. The summed E-state index contributed by atoms with van der Waals surface area (Å²) >= 11 is 0. The highest BCUT2D eigenvalue weighted by Crippen LogP contribution is 2.22. The van der Waals surface area contributed by atoms with E-state index in [0.29, 0.717) is 12.4 Å². The second-order valence-corrected chi connectivity index (χ2v) is 7.71. The van der Waals surface area contributed by atoms with Crippen molar-refractivity contribution in [2.45, 2.75) is 47.2 Å². The molecule has 0 aliphatic heterocycles. The van der Waals surface area contributed by atoms with E-state index in [-0.39, 0.29) is 24.0 Å². The van der Waals surface area contributed by atoms with Crippen molar-refractivity contribution < 1.29 is 4.74 Å². The SMILES string of the molecule is CN=C(NCCCn1nc(C)cc1C)NCc1ccnc(Oc2ccc(C)c(C)c2)c1.I. The van der Waals surface area contributed by atoms with E-state index in [4.69, 9.17) is 4.74 Å². The van der Waals surface area contributed by atoms with Gasteiger partial charge in [0.15, 0.2) is 5.96 Å². The maximum absolute atomic E-state index is 5.93. The highest BCUT2D eigenvalue weighted by molar-refractivity contribution is 14.0. The number of guanidine groups is 1. The van der Waals surface area contributed by atoms with E-state index in [9.17, 15) is 0 Å². The largest absolute Gasteiger partial charge is 0.439 e. The predicted molar refractivity (Wildman–Crippen MR) is 140 cm³/mol. The topological polar surface area (TPSA) is 76.4 Å². The molecule has 2 heterocycles. The summed E-state index contributed by atoms with van der Waals surface area (Å²) in [6.07, 6.45) is 2.73. The Kier molecular flexibility index (Phi) is 9.96. The normalized spacial score (nSPS) is 11.1. The quantitative estimate of drug-likeness (QED) is 0.185. The van der Waals surface area contributed by atoms with Crippen LogP contribution >= 0.6 is 24.0 Å². The van der Waals surface area contributed by atoms with Crippen LogP contribution in [0.4, 0.5) is 0 Å². The molecule has 0 saturated carbocycles. The molecule has 0 bridgehead atoms. The molecule has 0 saturated heterocycles. The Bertz CT molecular complexity index is 1050. The Hall–Kier alpha value is -2.62. The number of aryl methyl sites for hydroxylation is 5. The van der Waals surface area contributed by atoms with Crippen LogP contribution in [0, 0.1) is 27.7 Å². The van der Waals surface area contributed by atoms with Gasteiger partial charge in [0.05, 0.1) is 5.69 Å². The van der Waals surface area contributed by atoms with Crippen LogP contribution in [0.25, 0.3) is 0 Å². The van der Waals surface area contributed by atoms with Gasteiger partial charge in [0, 0.05) is 44.6 Å². The number of hydrogen-bond donors (Lipinski definition) is 2. The van der Waals surface area contributed by atoms with E-state index in [1.54, 1.807) is 13.2 Å². The van der Waals surface area contributed by atoms with Crippen LogP contribution in [0.5, 0.6) is 11.6 Å². The number of hydrogen-bond acceptors (Lipinski definition) is 4. The molecule has 0 spiro atoms. The van der Waals surface area contributed by atoms with E-state index < -0.39 is 0 Å². The van der Waals surface area contributed by atoms with Crippen LogP contribution in [0.2, 0.25) is 0 Å². The standard InChI is InChI=1S/C24H32N6O.HI/c1-17-7-8-22(13-18(17)2)31-23-15-21(9-11-26-23)16-28-24(25-5)27-10-6-12-30-20(4)14-19(3)29-30;/h7-9,11,13-15H,6,10,12,16H2,1-5H3,(H2,25,27,28);1H. The van der Waals surface area contributed by atoms with Gasteiger partial charge in [0.25, 0.3) is 0 Å². The van der Waals surface area contributed by atoms with Crippen LogP contribution in [0.1, 0.15) is 34.5 Å². The molecule has 3 aromatic rings. The zero-order valence-electron chi connectivity index (χ0n) is 19.5. The zero-order valence-corrected chi connectivity index (χ0v) is 21.8. The second kappa shape index (κ2) is 12.4. The number of aliphatic imine (C=N–C) groups is 1. The van der Waals surface area contributed by atoms with Gasteiger partial charge in [-0.25, -0.2) is 4.98 Å². The summed E-state index contributed by atoms with van der Waals surface area (Å²) in [7, 11) is 1.77. The number of rotatable bonds is 8. The van der Waals surface area contributed by atoms with E-state index in [1.165, 1.54) is 16.8 Å². The molecule has 0 fully saturated rings. The van der Waals surface area contributed by atoms with E-state index >= 15 is 0 Å². The maximum atomic E-state index is 5.93. The Labute approximate surface area is 207 Å². The maximum Gasteiger partial charge on any atom is 0.219 e. The molecule has 1 aromatic carbocycles. The van der Waals surface area contributed by atoms with Crippen molar-refractivity contribution in [2.24, 2.45) is 4.99 Å². The zero-order chi connectivity index (χ0) is 22.2. The third kappa shape index (κ3) is 7.51. The molecule has 2 N–H and O–H groups in total. The summed E-state index contributed by atoms with van der Waals surface area (Å²) in [5.41, 5.74) is 5.76. The minimum absolute atomic E-state index is 0. The average molecular weight is 548 g/mol. The van der Waals surface area contributed by atoms with Crippen LogP contribution in [0.15, 0.2) is 47.6 Å². The smallest absolute Gasteiger partial charge is 0.219 e. The number of nitrogens with zero attached hydrogens (tertiary/aromatic N) is 4. The predicted octanol–water partition coefficient (Wildman–Crippen LogP) is 4.68. The molecule has 0 radical (unpaired) electrons. The van der Waals surface area contributed by atoms with E-state index in [2.05, 4.69) is 58.6 Å². The van der Waals surface area contributed by atoms with Gasteiger partial charge >= 0.3 is 0 Å². The first-order chi connectivity index (χ1) is 14.9. The molecule has 3 rings (SSSR count). The summed E-state index contributed by atoms with van der Waals surface area (Å²) in [6, 6.07) is 12.1. The minimum Gasteiger partial charge on any atom is -0.439 e. The lowest BCUT2D eigenvalue weighted by atomic mass is 10.1. The summed E-state index contributed by atoms with van der Waals surface area (Å²) in [6.45, 7) is 10.6. The Morgan fingerprint density at radius 2 is 1.84 bits per heavy atom. The molecule has 172 valence electrons. The minimum atomic E-state index is 0. The molecule has 2 aromatic heterocycles. The lowest BCUT2D eigenvalue weighted by molar-refractivity contribution is 0.461. The molecule has 0 unspecified atom stereocenters. The second-order valence-electron chi connectivity index (χ2n) is 7.71. The van der Waals surface area contributed by atoms with Gasteiger partial charge in [-0.15, -0.1) is 24.0 Å². The average Bonchev–Trinajstić information content (AvgIpc) is 3.07. The van der Waals surface area contributed by atoms with Gasteiger partial charge in [-0.3, -0.25) is 9.67 Å². The van der Waals surface area contributed by atoms with Crippen molar-refractivity contribution in [3.8, 4) is 11.6 Å². The Morgan fingerprint density at radius 1 is 1.03 bits per heavy atom. The molecule has 32 heavy (non-hydrogen) atoms. The van der Waals surface area contributed by atoms with Gasteiger partial charge in [0.2, 0.25) is 5.88 Å². The van der Waals surface area contributed by atoms with Crippen molar-refractivity contribution in [1.82, 2.24) is 25.4 Å². The molecule has 8 heteroatoms. The lowest BCUT2D eigenvalue weighted by Gasteiger charge is -2.13. The van der Waals surface area contributed by atoms with Crippen molar-refractivity contribution in [1.29, 1.82) is 0 Å². The van der Waals surface area contributed by atoms with Gasteiger partial charge < -0.3 is 15.4 Å². The fourth-order valence-corrected chi connectivity index (χ4v) is 3.26. The van der Waals surface area contributed by atoms with Gasteiger partial charge in [-0.1, -0.05) is 6.07 Å². The number of ether oxygens (including phenoxy) is 1. The summed E-state index contributed by atoms with van der Waals surface area (Å²) in [5.74, 6) is 2.14. The molecule has 7 nitrogen and oxygen atoms in total. The first-order valence-corrected chi connectivity index (χ1v) is 10.6. The lowest BCUT2D eigenvalue weighted by Crippen LogP contribution is -2.37. The van der Waals surface area contributed by atoms with Crippen molar-refractivity contribution in [3.63, 3.8) is 0 Å². The number of benzene rings is 1. The Morgan fingerprint density at radius 3 is 2.53 bits per heavy atom. The van der Waals surface area contributed by atoms with Crippen LogP contribution in [-0.4, -0.2) is 34.3 Å². The van der Waals surface area contributed by atoms with E-state index in [0.717, 1.165) is 42.5 Å². The van der Waals surface area contributed by atoms with Gasteiger partial charge in [0.1, 0.15) is 5.75 Å². The number of pyridine rings is 1. The molecule has 0 atom stereocenters. The number of nitrogens with one attached hydrogen (secondary N) is 2. The third-order valence-corrected chi connectivity index (χ3v) is 5.13. The third-order valence-electron chi connectivity index (χ3n) is 5.13. The number of aromatic nitrogens is 3. The fourth-order valence-electron chi connectivity index (χ4n) is 3.26. The molecule has 0 aliphatic rings. The van der Waals surface area contributed by atoms with Crippen LogP contribution in [-0.2, 0) is 13.1 Å². The van der Waals surface area contributed by atoms with E-state index in [1.807, 2.05) is 35.9 Å². The Balaban J connectivity index is 0.00000363. The van der Waals surface area contributed by atoms with Crippen LogP contribution in [0.3, 0.4) is 0 Å². The summed E-state index contributed by atoms with van der Waals surface area (Å²) in [4.78, 5) is 8.63. The first-order valence-electron chi connectivity index (χ1n) is 10.6. The molecule has 0 aliphatic carbocycles. The van der Waals surface area contributed by atoms with Gasteiger partial charge in [-0.2, -0.15) is 5.10 Å².